The Morgan fingerprint density at radius 3 is 2.70 bits per heavy atom. The van der Waals surface area contributed by atoms with Crippen LogP contribution in [0, 0.1) is 17.0 Å². The van der Waals surface area contributed by atoms with E-state index in [9.17, 15) is 15.2 Å². The van der Waals surface area contributed by atoms with Crippen LogP contribution in [-0.2, 0) is 0 Å². The summed E-state index contributed by atoms with van der Waals surface area (Å²) < 4.78 is 0. The molecule has 0 aliphatic rings. The second-order valence-corrected chi connectivity index (χ2v) is 5.21. The Labute approximate surface area is 132 Å². The van der Waals surface area contributed by atoms with Gasteiger partial charge in [0.15, 0.2) is 0 Å². The van der Waals surface area contributed by atoms with Crippen molar-refractivity contribution in [3.05, 3.63) is 75.8 Å². The number of hydrogen-bond donors (Lipinski definition) is 1. The predicted octanol–water partition coefficient (Wildman–Crippen LogP) is 4.51. The molecule has 0 aliphatic heterocycles. The number of nitro benzene ring substituents is 1. The average Bonchev–Trinajstić information content (AvgIpc) is 2.55. The Kier molecular flexibility index (Phi) is 3.76. The van der Waals surface area contributed by atoms with Gasteiger partial charge in [-0.2, -0.15) is 0 Å². The number of phenolic OH excluding ortho intramolecular Hbond substituents is 1. The van der Waals surface area contributed by atoms with Crippen molar-refractivity contribution in [2.24, 2.45) is 4.99 Å². The summed E-state index contributed by atoms with van der Waals surface area (Å²) in [4.78, 5) is 14.8. The van der Waals surface area contributed by atoms with Crippen molar-refractivity contribution < 1.29 is 10.0 Å². The lowest BCUT2D eigenvalue weighted by Gasteiger charge is -2.05. The molecule has 0 bridgehead atoms. The first kappa shape index (κ1) is 14.7. The first-order valence-corrected chi connectivity index (χ1v) is 7.06. The van der Waals surface area contributed by atoms with E-state index < -0.39 is 4.92 Å². The van der Waals surface area contributed by atoms with Crippen LogP contribution < -0.4 is 0 Å². The number of fused-ring (bicyclic) bond motifs is 1. The van der Waals surface area contributed by atoms with Crippen LogP contribution >= 0.6 is 0 Å². The van der Waals surface area contributed by atoms with Gasteiger partial charge in [0.05, 0.1) is 10.6 Å². The highest BCUT2D eigenvalue weighted by atomic mass is 16.6. The molecule has 0 saturated heterocycles. The van der Waals surface area contributed by atoms with Crippen LogP contribution in [0.25, 0.3) is 10.8 Å². The summed E-state index contributed by atoms with van der Waals surface area (Å²) in [7, 11) is 0. The summed E-state index contributed by atoms with van der Waals surface area (Å²) in [6, 6.07) is 15.6. The number of nitro groups is 1. The zero-order valence-corrected chi connectivity index (χ0v) is 12.4. The zero-order valence-electron chi connectivity index (χ0n) is 12.4. The number of aliphatic imine (C=N–C) groups is 1. The third-order valence-corrected chi connectivity index (χ3v) is 3.68. The molecular formula is C18H14N2O3. The van der Waals surface area contributed by atoms with Gasteiger partial charge in [-0.05, 0) is 29.3 Å². The zero-order chi connectivity index (χ0) is 16.4. The van der Waals surface area contributed by atoms with Gasteiger partial charge in [-0.1, -0.05) is 36.4 Å². The van der Waals surface area contributed by atoms with Crippen molar-refractivity contribution in [2.75, 3.05) is 0 Å². The van der Waals surface area contributed by atoms with Crippen molar-refractivity contribution in [3.8, 4) is 5.75 Å². The van der Waals surface area contributed by atoms with Crippen LogP contribution in [0.15, 0.2) is 59.6 Å². The molecule has 0 radical (unpaired) electrons. The van der Waals surface area contributed by atoms with Gasteiger partial charge >= 0.3 is 0 Å². The minimum atomic E-state index is -0.451. The van der Waals surface area contributed by atoms with Gasteiger partial charge in [0.2, 0.25) is 0 Å². The largest absolute Gasteiger partial charge is 0.507 e. The third-order valence-electron chi connectivity index (χ3n) is 3.68. The van der Waals surface area contributed by atoms with Crippen molar-refractivity contribution in [3.63, 3.8) is 0 Å². The number of non-ortho nitro benzene ring substituents is 1. The number of aryl methyl sites for hydroxylation is 1. The molecule has 5 nitrogen and oxygen atoms in total. The normalized spacial score (nSPS) is 11.2. The Morgan fingerprint density at radius 2 is 1.91 bits per heavy atom. The number of hydrogen-bond acceptors (Lipinski definition) is 4. The molecule has 0 fully saturated rings. The standard InChI is InChI=1S/C18H14N2O3/c1-12-6-8-14(20(22)23)10-17(12)19-11-16-15-5-3-2-4-13(15)7-9-18(16)21/h2-11,21H,1H3. The minimum Gasteiger partial charge on any atom is -0.507 e. The van der Waals surface area contributed by atoms with Crippen molar-refractivity contribution in [1.29, 1.82) is 0 Å². The molecule has 0 heterocycles. The number of benzene rings is 3. The molecular weight excluding hydrogens is 292 g/mol. The smallest absolute Gasteiger partial charge is 0.271 e. The Morgan fingerprint density at radius 1 is 1.13 bits per heavy atom. The second kappa shape index (κ2) is 5.88. The number of nitrogens with zero attached hydrogens (tertiary/aromatic N) is 2. The lowest BCUT2D eigenvalue weighted by atomic mass is 10.0. The predicted molar refractivity (Wildman–Crippen MR) is 90.7 cm³/mol. The van der Waals surface area contributed by atoms with Crippen LogP contribution in [-0.4, -0.2) is 16.2 Å². The topological polar surface area (TPSA) is 75.7 Å². The SMILES string of the molecule is Cc1ccc([N+](=O)[O-])cc1N=Cc1c(O)ccc2ccccc12. The molecule has 0 unspecified atom stereocenters. The molecule has 0 spiro atoms. The number of aromatic hydroxyl groups is 1. The molecule has 114 valence electrons. The summed E-state index contributed by atoms with van der Waals surface area (Å²) in [5, 5.41) is 22.8. The van der Waals surface area contributed by atoms with E-state index in [0.29, 0.717) is 11.3 Å². The number of phenols is 1. The maximum absolute atomic E-state index is 10.9. The quantitative estimate of drug-likeness (QED) is 0.439. The summed E-state index contributed by atoms with van der Waals surface area (Å²) in [5.41, 5.74) is 1.91. The van der Waals surface area contributed by atoms with Crippen molar-refractivity contribution >= 4 is 28.4 Å². The van der Waals surface area contributed by atoms with Gasteiger partial charge < -0.3 is 5.11 Å². The van der Waals surface area contributed by atoms with E-state index in [-0.39, 0.29) is 11.4 Å². The molecule has 3 rings (SSSR count). The summed E-state index contributed by atoms with van der Waals surface area (Å²) in [6.45, 7) is 1.83. The maximum Gasteiger partial charge on any atom is 0.271 e. The highest BCUT2D eigenvalue weighted by Crippen LogP contribution is 2.28. The van der Waals surface area contributed by atoms with Crippen molar-refractivity contribution in [1.82, 2.24) is 0 Å². The monoisotopic (exact) mass is 306 g/mol. The van der Waals surface area contributed by atoms with Gasteiger partial charge in [-0.25, -0.2) is 0 Å². The fourth-order valence-electron chi connectivity index (χ4n) is 2.40. The second-order valence-electron chi connectivity index (χ2n) is 5.21. The molecule has 1 N–H and O–H groups in total. The molecule has 0 amide bonds. The third kappa shape index (κ3) is 2.89. The number of rotatable bonds is 3. The summed E-state index contributed by atoms with van der Waals surface area (Å²) >= 11 is 0. The van der Waals surface area contributed by atoms with Gasteiger partial charge in [0.1, 0.15) is 5.75 Å². The van der Waals surface area contributed by atoms with E-state index >= 15 is 0 Å². The fraction of sp³-hybridized carbons (Fsp3) is 0.0556. The molecule has 0 saturated carbocycles. The minimum absolute atomic E-state index is 0.00936. The lowest BCUT2D eigenvalue weighted by molar-refractivity contribution is -0.384. The lowest BCUT2D eigenvalue weighted by Crippen LogP contribution is -1.89. The molecule has 3 aromatic rings. The molecule has 23 heavy (non-hydrogen) atoms. The molecule has 0 aliphatic carbocycles. The molecule has 0 aromatic heterocycles. The first-order valence-electron chi connectivity index (χ1n) is 7.06. The van der Waals surface area contributed by atoms with Gasteiger partial charge in [-0.15, -0.1) is 0 Å². The first-order chi connectivity index (χ1) is 11.1. The molecule has 3 aromatic carbocycles. The van der Waals surface area contributed by atoms with E-state index in [2.05, 4.69) is 4.99 Å². The average molecular weight is 306 g/mol. The van der Waals surface area contributed by atoms with Gasteiger partial charge in [0, 0.05) is 23.9 Å². The highest BCUT2D eigenvalue weighted by Gasteiger charge is 2.09. The van der Waals surface area contributed by atoms with Crippen LogP contribution in [0.4, 0.5) is 11.4 Å². The molecule has 5 heteroatoms. The van der Waals surface area contributed by atoms with E-state index in [1.165, 1.54) is 12.1 Å². The Hall–Kier alpha value is -3.21. The van der Waals surface area contributed by atoms with Crippen LogP contribution in [0.2, 0.25) is 0 Å². The maximum atomic E-state index is 10.9. The molecule has 0 atom stereocenters. The van der Waals surface area contributed by atoms with E-state index in [0.717, 1.165) is 16.3 Å². The summed E-state index contributed by atoms with van der Waals surface area (Å²) in [6.07, 6.45) is 1.55. The van der Waals surface area contributed by atoms with Crippen molar-refractivity contribution in [2.45, 2.75) is 6.92 Å². The Bertz CT molecular complexity index is 933. The van der Waals surface area contributed by atoms with Crippen LogP contribution in [0.3, 0.4) is 0 Å². The van der Waals surface area contributed by atoms with Crippen LogP contribution in [0.5, 0.6) is 5.75 Å². The fourth-order valence-corrected chi connectivity index (χ4v) is 2.40. The van der Waals surface area contributed by atoms with E-state index in [4.69, 9.17) is 0 Å². The van der Waals surface area contributed by atoms with Gasteiger partial charge in [0.25, 0.3) is 5.69 Å². The van der Waals surface area contributed by atoms with Gasteiger partial charge in [-0.3, -0.25) is 15.1 Å². The summed E-state index contributed by atoms with van der Waals surface area (Å²) in [5.74, 6) is 0.121. The van der Waals surface area contributed by atoms with E-state index in [1.807, 2.05) is 37.3 Å². The highest BCUT2D eigenvalue weighted by molar-refractivity contribution is 6.03. The van der Waals surface area contributed by atoms with E-state index in [1.54, 1.807) is 18.3 Å². The Balaban J connectivity index is 2.09. The van der Waals surface area contributed by atoms with Crippen LogP contribution in [0.1, 0.15) is 11.1 Å².